The van der Waals surface area contributed by atoms with Crippen molar-refractivity contribution in [3.05, 3.63) is 59.7 Å². The van der Waals surface area contributed by atoms with Gasteiger partial charge in [0.1, 0.15) is 0 Å². The molecule has 3 aromatic rings. The van der Waals surface area contributed by atoms with E-state index >= 15 is 0 Å². The second kappa shape index (κ2) is 5.79. The van der Waals surface area contributed by atoms with E-state index in [0.717, 1.165) is 16.6 Å². The summed E-state index contributed by atoms with van der Waals surface area (Å²) in [6.45, 7) is 4.37. The number of aromatic nitrogens is 2. The lowest BCUT2D eigenvalue weighted by Gasteiger charge is -2.04. The number of imidazole rings is 1. The Morgan fingerprint density at radius 1 is 1.10 bits per heavy atom. The first-order valence-corrected chi connectivity index (χ1v) is 7.06. The molecule has 0 spiro atoms. The number of H-pyrrole nitrogens is 1. The molecule has 2 aromatic carbocycles. The monoisotopic (exact) mass is 278 g/mol. The van der Waals surface area contributed by atoms with Crippen molar-refractivity contribution in [1.29, 1.82) is 0 Å². The van der Waals surface area contributed by atoms with Crippen molar-refractivity contribution in [3.63, 3.8) is 0 Å². The van der Waals surface area contributed by atoms with E-state index in [1.807, 2.05) is 24.3 Å². The quantitative estimate of drug-likeness (QED) is 0.557. The molecule has 0 amide bonds. The molecule has 1 aromatic heterocycles. The van der Waals surface area contributed by atoms with Crippen molar-refractivity contribution in [2.75, 3.05) is 5.43 Å². The highest BCUT2D eigenvalue weighted by Gasteiger charge is 2.00. The Hall–Kier alpha value is -2.62. The van der Waals surface area contributed by atoms with Gasteiger partial charge in [0, 0.05) is 0 Å². The van der Waals surface area contributed by atoms with E-state index in [0.29, 0.717) is 11.9 Å². The molecule has 0 unspecified atom stereocenters. The first-order chi connectivity index (χ1) is 10.2. The van der Waals surface area contributed by atoms with E-state index in [1.54, 1.807) is 6.21 Å². The minimum absolute atomic E-state index is 0.546. The van der Waals surface area contributed by atoms with Gasteiger partial charge in [0.05, 0.1) is 17.2 Å². The van der Waals surface area contributed by atoms with Crippen LogP contribution >= 0.6 is 0 Å². The number of nitrogens with zero attached hydrogens (tertiary/aromatic N) is 2. The topological polar surface area (TPSA) is 53.1 Å². The predicted molar refractivity (Wildman–Crippen MR) is 87.8 cm³/mol. The van der Waals surface area contributed by atoms with E-state index in [4.69, 9.17) is 0 Å². The van der Waals surface area contributed by atoms with Crippen LogP contribution in [0, 0.1) is 0 Å². The average molecular weight is 278 g/mol. The third-order valence-corrected chi connectivity index (χ3v) is 3.38. The van der Waals surface area contributed by atoms with Crippen LogP contribution in [0.15, 0.2) is 53.6 Å². The maximum Gasteiger partial charge on any atom is 0.222 e. The second-order valence-corrected chi connectivity index (χ2v) is 5.29. The third kappa shape index (κ3) is 3.11. The highest BCUT2D eigenvalue weighted by molar-refractivity contribution is 5.81. The molecule has 106 valence electrons. The van der Waals surface area contributed by atoms with Crippen LogP contribution in [-0.4, -0.2) is 16.2 Å². The van der Waals surface area contributed by atoms with E-state index in [9.17, 15) is 0 Å². The summed E-state index contributed by atoms with van der Waals surface area (Å²) in [7, 11) is 0. The van der Waals surface area contributed by atoms with Crippen LogP contribution in [0.25, 0.3) is 11.0 Å². The first kappa shape index (κ1) is 13.4. The van der Waals surface area contributed by atoms with E-state index < -0.39 is 0 Å². The van der Waals surface area contributed by atoms with Gasteiger partial charge < -0.3 is 4.98 Å². The normalized spacial score (nSPS) is 11.6. The van der Waals surface area contributed by atoms with E-state index in [2.05, 4.69) is 58.6 Å². The molecule has 0 aliphatic carbocycles. The lowest BCUT2D eigenvalue weighted by Crippen LogP contribution is -1.93. The lowest BCUT2D eigenvalue weighted by molar-refractivity contribution is 0.866. The molecule has 0 aliphatic rings. The molecule has 21 heavy (non-hydrogen) atoms. The summed E-state index contributed by atoms with van der Waals surface area (Å²) in [5.41, 5.74) is 7.24. The molecule has 0 saturated heterocycles. The van der Waals surface area contributed by atoms with Gasteiger partial charge in [0.15, 0.2) is 0 Å². The fourth-order valence-corrected chi connectivity index (χ4v) is 2.14. The Morgan fingerprint density at radius 3 is 2.57 bits per heavy atom. The molecule has 4 heteroatoms. The van der Waals surface area contributed by atoms with Crippen LogP contribution in [0.1, 0.15) is 30.9 Å². The summed E-state index contributed by atoms with van der Waals surface area (Å²) in [5, 5.41) is 4.21. The summed E-state index contributed by atoms with van der Waals surface area (Å²) in [6.07, 6.45) is 1.79. The van der Waals surface area contributed by atoms with Crippen LogP contribution in [0.5, 0.6) is 0 Å². The van der Waals surface area contributed by atoms with Gasteiger partial charge in [-0.1, -0.05) is 50.2 Å². The number of hydrogen-bond acceptors (Lipinski definition) is 3. The maximum absolute atomic E-state index is 4.40. The summed E-state index contributed by atoms with van der Waals surface area (Å²) >= 11 is 0. The number of nitrogens with one attached hydrogen (secondary N) is 2. The molecule has 0 saturated carbocycles. The van der Waals surface area contributed by atoms with Gasteiger partial charge >= 0.3 is 0 Å². The molecule has 0 atom stereocenters. The zero-order chi connectivity index (χ0) is 14.7. The van der Waals surface area contributed by atoms with Crippen LogP contribution in [0.4, 0.5) is 5.95 Å². The van der Waals surface area contributed by atoms with Gasteiger partial charge in [0.2, 0.25) is 5.95 Å². The van der Waals surface area contributed by atoms with Crippen LogP contribution in [0.2, 0.25) is 0 Å². The Labute approximate surface area is 123 Å². The van der Waals surface area contributed by atoms with Gasteiger partial charge in [-0.3, -0.25) is 0 Å². The molecular formula is C17H18N4. The lowest BCUT2D eigenvalue weighted by atomic mass is 10.0. The highest BCUT2D eigenvalue weighted by atomic mass is 15.3. The van der Waals surface area contributed by atoms with Crippen molar-refractivity contribution in [2.24, 2.45) is 5.10 Å². The molecule has 0 radical (unpaired) electrons. The van der Waals surface area contributed by atoms with Crippen molar-refractivity contribution in [2.45, 2.75) is 19.8 Å². The third-order valence-electron chi connectivity index (χ3n) is 3.38. The smallest absolute Gasteiger partial charge is 0.222 e. The Balaban J connectivity index is 1.68. The summed E-state index contributed by atoms with van der Waals surface area (Å²) in [4.78, 5) is 7.57. The van der Waals surface area contributed by atoms with Gasteiger partial charge in [-0.05, 0) is 29.2 Å². The largest absolute Gasteiger partial charge is 0.323 e. The van der Waals surface area contributed by atoms with Crippen molar-refractivity contribution in [3.8, 4) is 0 Å². The Bertz CT molecular complexity index is 721. The number of benzene rings is 2. The minimum atomic E-state index is 0.546. The number of para-hydroxylation sites is 2. The molecule has 1 heterocycles. The standard InChI is InChI=1S/C17H18N4/c1-12(2)14-9-7-13(8-10-14)11-18-21-17-19-15-5-3-4-6-16(15)20-17/h3-12H,1-2H3,(H2,19,20,21). The number of anilines is 1. The second-order valence-electron chi connectivity index (χ2n) is 5.29. The molecule has 4 nitrogen and oxygen atoms in total. The van der Waals surface area contributed by atoms with Crippen LogP contribution < -0.4 is 5.43 Å². The molecule has 0 aliphatic heterocycles. The summed E-state index contributed by atoms with van der Waals surface area (Å²) in [6, 6.07) is 16.3. The van der Waals surface area contributed by atoms with E-state index in [-0.39, 0.29) is 0 Å². The minimum Gasteiger partial charge on any atom is -0.323 e. The average Bonchev–Trinajstić information content (AvgIpc) is 2.90. The van der Waals surface area contributed by atoms with E-state index in [1.165, 1.54) is 5.56 Å². The van der Waals surface area contributed by atoms with Crippen molar-refractivity contribution >= 4 is 23.2 Å². The number of hydrazone groups is 1. The van der Waals surface area contributed by atoms with Gasteiger partial charge in [0.25, 0.3) is 0 Å². The predicted octanol–water partition coefficient (Wildman–Crippen LogP) is 4.13. The number of hydrogen-bond donors (Lipinski definition) is 2. The zero-order valence-corrected chi connectivity index (χ0v) is 12.2. The van der Waals surface area contributed by atoms with Crippen molar-refractivity contribution < 1.29 is 0 Å². The van der Waals surface area contributed by atoms with Gasteiger partial charge in [-0.2, -0.15) is 5.10 Å². The highest BCUT2D eigenvalue weighted by Crippen LogP contribution is 2.14. The molecule has 0 bridgehead atoms. The van der Waals surface area contributed by atoms with Gasteiger partial charge in [-0.15, -0.1) is 0 Å². The van der Waals surface area contributed by atoms with Crippen LogP contribution in [-0.2, 0) is 0 Å². The molecular weight excluding hydrogens is 260 g/mol. The zero-order valence-electron chi connectivity index (χ0n) is 12.2. The fourth-order valence-electron chi connectivity index (χ4n) is 2.14. The fraction of sp³-hybridized carbons (Fsp3) is 0.176. The Kier molecular flexibility index (Phi) is 3.69. The van der Waals surface area contributed by atoms with Crippen molar-refractivity contribution in [1.82, 2.24) is 9.97 Å². The molecule has 0 fully saturated rings. The summed E-state index contributed by atoms with van der Waals surface area (Å²) < 4.78 is 0. The number of rotatable bonds is 4. The maximum atomic E-state index is 4.40. The number of aromatic amines is 1. The molecule has 2 N–H and O–H groups in total. The Morgan fingerprint density at radius 2 is 1.86 bits per heavy atom. The van der Waals surface area contributed by atoms with Crippen LogP contribution in [0.3, 0.4) is 0 Å². The number of fused-ring (bicyclic) bond motifs is 1. The molecule has 3 rings (SSSR count). The summed E-state index contributed by atoms with van der Waals surface area (Å²) in [5.74, 6) is 1.19. The SMILES string of the molecule is CC(C)c1ccc(C=NNc2nc3ccccc3[nH]2)cc1. The first-order valence-electron chi connectivity index (χ1n) is 7.06. The van der Waals surface area contributed by atoms with Gasteiger partial charge in [-0.25, -0.2) is 10.4 Å².